The van der Waals surface area contributed by atoms with Crippen LogP contribution in [0.3, 0.4) is 0 Å². The topological polar surface area (TPSA) is 90.5 Å². The Kier molecular flexibility index (Phi) is 7.64. The minimum Gasteiger partial charge on any atom is -0.495 e. The Hall–Kier alpha value is -3.14. The molecule has 8 nitrogen and oxygen atoms in total. The fraction of sp³-hybridized carbons (Fsp3) is 0.333. The Balaban J connectivity index is 1.53. The number of aryl methyl sites for hydroxylation is 1. The number of sulfone groups is 1. The molecule has 2 aromatic heterocycles. The number of nitrogens with zero attached hydrogens (tertiary/aromatic N) is 4. The van der Waals surface area contributed by atoms with E-state index < -0.39 is 9.84 Å². The number of methoxy groups -OCH3 is 1. The van der Waals surface area contributed by atoms with E-state index in [-0.39, 0.29) is 11.5 Å². The Bertz CT molecular complexity index is 1440. The molecule has 0 atom stereocenters. The molecule has 5 rings (SSSR count). The first-order valence-electron chi connectivity index (χ1n) is 12.2. The van der Waals surface area contributed by atoms with Crippen molar-refractivity contribution in [3.63, 3.8) is 0 Å². The molecular weight excluding hydrogens is 512 g/mol. The third-order valence-electron chi connectivity index (χ3n) is 6.55. The predicted octanol–water partition coefficient (Wildman–Crippen LogP) is 4.94. The van der Waals surface area contributed by atoms with Crippen molar-refractivity contribution in [3.8, 4) is 23.0 Å². The molecule has 4 aromatic rings. The van der Waals surface area contributed by atoms with Gasteiger partial charge in [0.25, 0.3) is 0 Å². The van der Waals surface area contributed by atoms with E-state index in [0.29, 0.717) is 41.1 Å². The van der Waals surface area contributed by atoms with E-state index in [4.69, 9.17) is 20.8 Å². The van der Waals surface area contributed by atoms with Crippen molar-refractivity contribution in [2.45, 2.75) is 31.6 Å². The van der Waals surface area contributed by atoms with Crippen molar-refractivity contribution >= 4 is 21.4 Å². The largest absolute Gasteiger partial charge is 0.495 e. The number of ether oxygens (including phenoxy) is 1. The minimum atomic E-state index is -3.52. The molecule has 1 aliphatic rings. The van der Waals surface area contributed by atoms with E-state index in [9.17, 15) is 8.42 Å². The van der Waals surface area contributed by atoms with Crippen LogP contribution in [0.1, 0.15) is 29.8 Å². The lowest BCUT2D eigenvalue weighted by molar-refractivity contribution is 0.329. The van der Waals surface area contributed by atoms with Crippen molar-refractivity contribution in [3.05, 3.63) is 82.8 Å². The van der Waals surface area contributed by atoms with Gasteiger partial charge in [0.15, 0.2) is 21.4 Å². The first-order valence-corrected chi connectivity index (χ1v) is 14.4. The highest BCUT2D eigenvalue weighted by Gasteiger charge is 2.27. The van der Waals surface area contributed by atoms with E-state index in [1.807, 2.05) is 30.3 Å². The lowest BCUT2D eigenvalue weighted by Crippen LogP contribution is -2.21. The van der Waals surface area contributed by atoms with Crippen molar-refractivity contribution in [1.29, 1.82) is 0 Å². The molecule has 194 valence electrons. The van der Waals surface area contributed by atoms with Crippen LogP contribution in [0.25, 0.3) is 17.3 Å². The fourth-order valence-corrected chi connectivity index (χ4v) is 6.10. The first kappa shape index (κ1) is 25.5. The van der Waals surface area contributed by atoms with E-state index in [0.717, 1.165) is 29.9 Å². The van der Waals surface area contributed by atoms with Crippen molar-refractivity contribution in [1.82, 2.24) is 19.7 Å². The van der Waals surface area contributed by atoms with Gasteiger partial charge in [0.05, 0.1) is 24.8 Å². The number of likely N-dealkylation sites (tertiary alicyclic amines) is 1. The molecule has 1 aliphatic heterocycles. The van der Waals surface area contributed by atoms with Crippen LogP contribution >= 0.6 is 11.6 Å². The number of benzene rings is 2. The molecule has 0 radical (unpaired) electrons. The number of halogens is 1. The summed E-state index contributed by atoms with van der Waals surface area (Å²) in [6, 6.07) is 16.6. The molecule has 0 unspecified atom stereocenters. The van der Waals surface area contributed by atoms with Crippen LogP contribution in [0.15, 0.2) is 65.3 Å². The molecule has 1 saturated heterocycles. The second-order valence-corrected chi connectivity index (χ2v) is 11.8. The van der Waals surface area contributed by atoms with Crippen LogP contribution < -0.4 is 4.74 Å². The molecule has 2 aromatic carbocycles. The molecule has 3 heterocycles. The molecule has 1 fully saturated rings. The van der Waals surface area contributed by atoms with E-state index in [1.165, 1.54) is 12.8 Å². The molecule has 0 spiro atoms. The van der Waals surface area contributed by atoms with Crippen molar-refractivity contribution in [2.24, 2.45) is 0 Å². The smallest absolute Gasteiger partial charge is 0.204 e. The second kappa shape index (κ2) is 11.1. The van der Waals surface area contributed by atoms with Crippen molar-refractivity contribution < 1.29 is 17.6 Å². The van der Waals surface area contributed by atoms with Gasteiger partial charge in [0.1, 0.15) is 11.5 Å². The van der Waals surface area contributed by atoms with E-state index in [2.05, 4.69) is 15.1 Å². The number of rotatable bonds is 10. The monoisotopic (exact) mass is 540 g/mol. The summed E-state index contributed by atoms with van der Waals surface area (Å²) in [5.41, 5.74) is 2.65. The van der Waals surface area contributed by atoms with Gasteiger partial charge in [-0.1, -0.05) is 35.9 Å². The standard InChI is InChI=1S/C27H29ClN4O4S/c1-35-23-7-4-6-21(18-31-14-2-3-15-31)26(23)32-25(29-30-27(32)24-8-5-16-36-24)19-37(33,34)17-13-20-9-11-22(28)12-10-20/h4-12,16H,2-3,13-15,17-19H2,1H3. The molecule has 0 amide bonds. The molecule has 10 heteroatoms. The highest BCUT2D eigenvalue weighted by Crippen LogP contribution is 2.34. The van der Waals surface area contributed by atoms with Crippen LogP contribution in [0, 0.1) is 0 Å². The highest BCUT2D eigenvalue weighted by molar-refractivity contribution is 7.90. The van der Waals surface area contributed by atoms with Crippen molar-refractivity contribution in [2.75, 3.05) is 26.0 Å². The zero-order valence-corrected chi connectivity index (χ0v) is 22.2. The van der Waals surface area contributed by atoms with E-state index in [1.54, 1.807) is 42.2 Å². The Morgan fingerprint density at radius 3 is 2.51 bits per heavy atom. The van der Waals surface area contributed by atoms with Gasteiger partial charge in [-0.25, -0.2) is 8.42 Å². The average Bonchev–Trinajstić information content (AvgIpc) is 3.66. The Labute approximate surface area is 221 Å². The number of furan rings is 1. The van der Waals surface area contributed by atoms with Crippen LogP contribution in [-0.2, 0) is 28.6 Å². The molecule has 37 heavy (non-hydrogen) atoms. The maximum atomic E-state index is 13.3. The van der Waals surface area contributed by atoms with Crippen LogP contribution in [-0.4, -0.2) is 54.0 Å². The zero-order valence-electron chi connectivity index (χ0n) is 20.6. The molecule has 0 bridgehead atoms. The average molecular weight is 541 g/mol. The van der Waals surface area contributed by atoms with Gasteiger partial charge < -0.3 is 9.15 Å². The first-order chi connectivity index (χ1) is 17.9. The normalized spacial score (nSPS) is 14.3. The summed E-state index contributed by atoms with van der Waals surface area (Å²) in [7, 11) is -1.91. The maximum absolute atomic E-state index is 13.3. The molecule has 0 saturated carbocycles. The minimum absolute atomic E-state index is 0.0237. The maximum Gasteiger partial charge on any atom is 0.204 e. The summed E-state index contributed by atoms with van der Waals surface area (Å²) in [6.45, 7) is 2.76. The molecule has 0 aliphatic carbocycles. The quantitative estimate of drug-likeness (QED) is 0.281. The summed E-state index contributed by atoms with van der Waals surface area (Å²) in [5.74, 6) is 1.56. The van der Waals surface area contributed by atoms with E-state index >= 15 is 0 Å². The summed E-state index contributed by atoms with van der Waals surface area (Å²) >= 11 is 5.96. The van der Waals surface area contributed by atoms with Gasteiger partial charge in [-0.05, 0) is 73.8 Å². The van der Waals surface area contributed by atoms with Crippen LogP contribution in [0.4, 0.5) is 0 Å². The summed E-state index contributed by atoms with van der Waals surface area (Å²) in [4.78, 5) is 2.39. The fourth-order valence-electron chi connectivity index (χ4n) is 4.70. The van der Waals surface area contributed by atoms with Crippen LogP contribution in [0.5, 0.6) is 5.75 Å². The molecule has 0 N–H and O–H groups in total. The third-order valence-corrected chi connectivity index (χ3v) is 8.33. The molecular formula is C27H29ClN4O4S. The highest BCUT2D eigenvalue weighted by atomic mass is 35.5. The SMILES string of the molecule is COc1cccc(CN2CCCC2)c1-n1c(CS(=O)(=O)CCc2ccc(Cl)cc2)nnc1-c1ccco1. The third kappa shape index (κ3) is 5.89. The number of hydrogen-bond donors (Lipinski definition) is 0. The summed E-state index contributed by atoms with van der Waals surface area (Å²) in [6.07, 6.45) is 4.28. The number of para-hydroxylation sites is 1. The number of hydrogen-bond acceptors (Lipinski definition) is 7. The van der Waals surface area contributed by atoms with Crippen LogP contribution in [0.2, 0.25) is 5.02 Å². The van der Waals surface area contributed by atoms with Gasteiger partial charge in [-0.15, -0.1) is 10.2 Å². The summed E-state index contributed by atoms with van der Waals surface area (Å²) in [5, 5.41) is 9.32. The second-order valence-electron chi connectivity index (χ2n) is 9.17. The summed E-state index contributed by atoms with van der Waals surface area (Å²) < 4.78 is 39.7. The lowest BCUT2D eigenvalue weighted by Gasteiger charge is -2.21. The predicted molar refractivity (Wildman–Crippen MR) is 143 cm³/mol. The Morgan fingerprint density at radius 2 is 1.81 bits per heavy atom. The van der Waals surface area contributed by atoms with Gasteiger partial charge in [-0.2, -0.15) is 0 Å². The van der Waals surface area contributed by atoms with Gasteiger partial charge in [-0.3, -0.25) is 9.47 Å². The Morgan fingerprint density at radius 1 is 1.03 bits per heavy atom. The van der Waals surface area contributed by atoms with Gasteiger partial charge in [0, 0.05) is 11.6 Å². The van der Waals surface area contributed by atoms with Gasteiger partial charge >= 0.3 is 0 Å². The number of aromatic nitrogens is 3. The zero-order chi connectivity index (χ0) is 25.8. The lowest BCUT2D eigenvalue weighted by atomic mass is 10.1. The van der Waals surface area contributed by atoms with Gasteiger partial charge in [0.2, 0.25) is 5.82 Å².